The lowest BCUT2D eigenvalue weighted by molar-refractivity contribution is -0.142. The van der Waals surface area contributed by atoms with Crippen molar-refractivity contribution in [1.82, 2.24) is 14.8 Å². The maximum atomic E-state index is 11.8. The zero-order chi connectivity index (χ0) is 18.2. The van der Waals surface area contributed by atoms with Gasteiger partial charge in [-0.1, -0.05) is 18.2 Å². The number of benzene rings is 1. The Hall–Kier alpha value is -2.94. The van der Waals surface area contributed by atoms with Crippen molar-refractivity contribution in [2.45, 2.75) is 20.6 Å². The van der Waals surface area contributed by atoms with Crippen molar-refractivity contribution in [3.8, 4) is 0 Å². The highest BCUT2D eigenvalue weighted by molar-refractivity contribution is 5.85. The van der Waals surface area contributed by atoms with Crippen LogP contribution in [-0.2, 0) is 25.7 Å². The van der Waals surface area contributed by atoms with Gasteiger partial charge in [0, 0.05) is 12.6 Å². The average molecular weight is 348 g/mol. The summed E-state index contributed by atoms with van der Waals surface area (Å²) in [5, 5.41) is 7.26. The highest BCUT2D eigenvalue weighted by atomic mass is 16.6. The van der Waals surface area contributed by atoms with Crippen LogP contribution in [0.1, 0.15) is 23.1 Å². The maximum absolute atomic E-state index is 11.8. The van der Waals surface area contributed by atoms with Crippen LogP contribution in [0.3, 0.4) is 0 Å². The maximum Gasteiger partial charge on any atom is 0.375 e. The van der Waals surface area contributed by atoms with Crippen molar-refractivity contribution in [1.29, 1.82) is 0 Å². The van der Waals surface area contributed by atoms with E-state index < -0.39 is 5.97 Å². The summed E-state index contributed by atoms with van der Waals surface area (Å²) in [6.45, 7) is 3.51. The SMILES string of the molecule is COC(=O)c1nc(Nc2ccccc2C)nn1COCCOC(C)=O. The van der Waals surface area contributed by atoms with Gasteiger partial charge in [0.1, 0.15) is 13.3 Å². The molecular weight excluding hydrogens is 328 g/mol. The normalized spacial score (nSPS) is 10.4. The van der Waals surface area contributed by atoms with Crippen LogP contribution in [0.15, 0.2) is 24.3 Å². The summed E-state index contributed by atoms with van der Waals surface area (Å²) in [5.74, 6) is -0.761. The third-order valence-corrected chi connectivity index (χ3v) is 3.18. The molecule has 0 bridgehead atoms. The van der Waals surface area contributed by atoms with Crippen LogP contribution >= 0.6 is 0 Å². The van der Waals surface area contributed by atoms with Crippen molar-refractivity contribution in [2.24, 2.45) is 0 Å². The molecule has 25 heavy (non-hydrogen) atoms. The number of esters is 2. The molecule has 0 saturated carbocycles. The minimum Gasteiger partial charge on any atom is -0.463 e. The lowest BCUT2D eigenvalue weighted by Gasteiger charge is -2.06. The molecule has 0 atom stereocenters. The molecule has 1 N–H and O–H groups in total. The van der Waals surface area contributed by atoms with Gasteiger partial charge in [0.2, 0.25) is 11.8 Å². The molecule has 0 fully saturated rings. The van der Waals surface area contributed by atoms with E-state index in [0.29, 0.717) is 0 Å². The van der Waals surface area contributed by atoms with Gasteiger partial charge >= 0.3 is 11.9 Å². The number of rotatable bonds is 8. The highest BCUT2D eigenvalue weighted by Gasteiger charge is 2.18. The first-order valence-corrected chi connectivity index (χ1v) is 7.58. The Bertz CT molecular complexity index is 744. The number of aromatic nitrogens is 3. The number of hydrogen-bond acceptors (Lipinski definition) is 8. The van der Waals surface area contributed by atoms with Gasteiger partial charge in [-0.3, -0.25) is 4.79 Å². The summed E-state index contributed by atoms with van der Waals surface area (Å²) in [6.07, 6.45) is 0. The highest BCUT2D eigenvalue weighted by Crippen LogP contribution is 2.18. The second-order valence-electron chi connectivity index (χ2n) is 5.07. The van der Waals surface area contributed by atoms with E-state index in [1.807, 2.05) is 31.2 Å². The molecule has 1 aromatic heterocycles. The van der Waals surface area contributed by atoms with Crippen LogP contribution in [0.5, 0.6) is 0 Å². The van der Waals surface area contributed by atoms with E-state index >= 15 is 0 Å². The zero-order valence-corrected chi connectivity index (χ0v) is 14.3. The molecule has 0 saturated heterocycles. The Balaban J connectivity index is 2.07. The monoisotopic (exact) mass is 348 g/mol. The summed E-state index contributed by atoms with van der Waals surface area (Å²) in [4.78, 5) is 26.7. The summed E-state index contributed by atoms with van der Waals surface area (Å²) < 4.78 is 16.1. The summed E-state index contributed by atoms with van der Waals surface area (Å²) in [6, 6.07) is 7.62. The Kier molecular flexibility index (Phi) is 6.47. The lowest BCUT2D eigenvalue weighted by atomic mass is 10.2. The van der Waals surface area contributed by atoms with Gasteiger partial charge < -0.3 is 19.5 Å². The average Bonchev–Trinajstić information content (AvgIpc) is 2.98. The van der Waals surface area contributed by atoms with Gasteiger partial charge in [0.15, 0.2) is 0 Å². The van der Waals surface area contributed by atoms with E-state index in [9.17, 15) is 9.59 Å². The molecule has 2 rings (SSSR count). The Labute approximate surface area is 144 Å². The van der Waals surface area contributed by atoms with Crippen LogP contribution in [0, 0.1) is 6.92 Å². The molecule has 0 aliphatic rings. The standard InChI is InChI=1S/C16H20N4O5/c1-11-6-4-5-7-13(11)17-16-18-14(15(22)23-3)20(19-16)10-24-8-9-25-12(2)21/h4-7H,8-10H2,1-3H3,(H,17,19). The summed E-state index contributed by atoms with van der Waals surface area (Å²) in [5.41, 5.74) is 1.84. The summed E-state index contributed by atoms with van der Waals surface area (Å²) >= 11 is 0. The molecule has 0 aliphatic heterocycles. The second-order valence-corrected chi connectivity index (χ2v) is 5.07. The number of para-hydroxylation sites is 1. The third-order valence-electron chi connectivity index (χ3n) is 3.18. The predicted molar refractivity (Wildman–Crippen MR) is 88.4 cm³/mol. The number of methoxy groups -OCH3 is 1. The number of anilines is 2. The van der Waals surface area contributed by atoms with Gasteiger partial charge in [-0.2, -0.15) is 4.98 Å². The van der Waals surface area contributed by atoms with Crippen LogP contribution in [0.4, 0.5) is 11.6 Å². The van der Waals surface area contributed by atoms with E-state index in [-0.39, 0.29) is 37.7 Å². The molecule has 0 amide bonds. The van der Waals surface area contributed by atoms with Gasteiger partial charge in [-0.15, -0.1) is 5.10 Å². The van der Waals surface area contributed by atoms with Gasteiger partial charge in [-0.05, 0) is 18.6 Å². The molecule has 134 valence electrons. The van der Waals surface area contributed by atoms with Gasteiger partial charge in [-0.25, -0.2) is 9.48 Å². The van der Waals surface area contributed by atoms with E-state index in [0.717, 1.165) is 11.3 Å². The molecule has 2 aromatic rings. The van der Waals surface area contributed by atoms with Gasteiger partial charge in [0.05, 0.1) is 13.7 Å². The molecule has 1 aromatic carbocycles. The molecule has 0 unspecified atom stereocenters. The van der Waals surface area contributed by atoms with E-state index in [1.54, 1.807) is 0 Å². The first-order chi connectivity index (χ1) is 12.0. The van der Waals surface area contributed by atoms with Crippen molar-refractivity contribution >= 4 is 23.6 Å². The van der Waals surface area contributed by atoms with E-state index in [4.69, 9.17) is 14.2 Å². The molecule has 0 aliphatic carbocycles. The molecule has 0 spiro atoms. The second kappa shape index (κ2) is 8.78. The molecular formula is C16H20N4O5. The number of carbonyl (C=O) groups is 2. The first-order valence-electron chi connectivity index (χ1n) is 7.58. The van der Waals surface area contributed by atoms with Crippen molar-refractivity contribution in [3.05, 3.63) is 35.7 Å². The number of hydrogen-bond donors (Lipinski definition) is 1. The Morgan fingerprint density at radius 1 is 1.24 bits per heavy atom. The topological polar surface area (TPSA) is 105 Å². The quantitative estimate of drug-likeness (QED) is 0.567. The van der Waals surface area contributed by atoms with Crippen LogP contribution in [0.2, 0.25) is 0 Å². The largest absolute Gasteiger partial charge is 0.463 e. The molecule has 1 heterocycles. The van der Waals surface area contributed by atoms with Crippen molar-refractivity contribution in [3.63, 3.8) is 0 Å². The van der Waals surface area contributed by atoms with Crippen LogP contribution < -0.4 is 5.32 Å². The van der Waals surface area contributed by atoms with Crippen molar-refractivity contribution in [2.75, 3.05) is 25.6 Å². The van der Waals surface area contributed by atoms with Crippen LogP contribution in [0.25, 0.3) is 0 Å². The number of aryl methyl sites for hydroxylation is 1. The Morgan fingerprint density at radius 2 is 2.00 bits per heavy atom. The fourth-order valence-corrected chi connectivity index (χ4v) is 1.96. The minimum absolute atomic E-state index is 0.00562. The smallest absolute Gasteiger partial charge is 0.375 e. The fourth-order valence-electron chi connectivity index (χ4n) is 1.96. The summed E-state index contributed by atoms with van der Waals surface area (Å²) in [7, 11) is 1.26. The number of ether oxygens (including phenoxy) is 3. The molecule has 0 radical (unpaired) electrons. The number of nitrogens with zero attached hydrogens (tertiary/aromatic N) is 3. The predicted octanol–water partition coefficient (Wildman–Crippen LogP) is 1.65. The minimum atomic E-state index is -0.631. The number of nitrogens with one attached hydrogen (secondary N) is 1. The first kappa shape index (κ1) is 18.4. The number of carbonyl (C=O) groups excluding carboxylic acids is 2. The van der Waals surface area contributed by atoms with E-state index in [1.165, 1.54) is 18.7 Å². The zero-order valence-electron chi connectivity index (χ0n) is 14.3. The lowest BCUT2D eigenvalue weighted by Crippen LogP contribution is -2.16. The molecule has 9 heteroatoms. The Morgan fingerprint density at radius 3 is 2.68 bits per heavy atom. The third kappa shape index (κ3) is 5.28. The molecule has 9 nitrogen and oxygen atoms in total. The fraction of sp³-hybridized carbons (Fsp3) is 0.375. The van der Waals surface area contributed by atoms with Gasteiger partial charge in [0.25, 0.3) is 0 Å². The van der Waals surface area contributed by atoms with Crippen LogP contribution in [-0.4, -0.2) is 47.0 Å². The van der Waals surface area contributed by atoms with Crippen molar-refractivity contribution < 1.29 is 23.8 Å². The van der Waals surface area contributed by atoms with E-state index in [2.05, 4.69) is 15.4 Å².